The molecule has 3 rings (SSSR count). The Bertz CT molecular complexity index is 803. The molecule has 0 radical (unpaired) electrons. The highest BCUT2D eigenvalue weighted by Crippen LogP contribution is 2.21. The molecule has 0 spiro atoms. The molecule has 122 valence electrons. The van der Waals surface area contributed by atoms with Crippen molar-refractivity contribution >= 4 is 34.0 Å². The third-order valence-corrected chi connectivity index (χ3v) is 4.37. The first kappa shape index (κ1) is 16.5. The molecule has 0 aliphatic rings. The van der Waals surface area contributed by atoms with Gasteiger partial charge in [-0.3, -0.25) is 10.1 Å². The normalized spacial score (nSPS) is 10.4. The summed E-state index contributed by atoms with van der Waals surface area (Å²) in [4.78, 5) is 17.2. The SMILES string of the molecule is O=C(COc1ccc(Cl)cc1)Nc1ncc(Cc2ccccc2)s1. The quantitative estimate of drug-likeness (QED) is 0.710. The van der Waals surface area contributed by atoms with Crippen LogP contribution in [-0.4, -0.2) is 17.5 Å². The van der Waals surface area contributed by atoms with Crippen molar-refractivity contribution in [2.24, 2.45) is 0 Å². The van der Waals surface area contributed by atoms with Gasteiger partial charge in [0.25, 0.3) is 5.91 Å². The van der Waals surface area contributed by atoms with Crippen LogP contribution in [0.15, 0.2) is 60.8 Å². The second kappa shape index (κ2) is 7.95. The highest BCUT2D eigenvalue weighted by atomic mass is 35.5. The maximum atomic E-state index is 11.9. The van der Waals surface area contributed by atoms with Gasteiger partial charge in [0.1, 0.15) is 5.75 Å². The van der Waals surface area contributed by atoms with Crippen molar-refractivity contribution in [1.82, 2.24) is 4.98 Å². The molecular weight excluding hydrogens is 344 g/mol. The average molecular weight is 359 g/mol. The lowest BCUT2D eigenvalue weighted by molar-refractivity contribution is -0.118. The van der Waals surface area contributed by atoms with E-state index in [0.29, 0.717) is 15.9 Å². The van der Waals surface area contributed by atoms with Crippen molar-refractivity contribution in [3.05, 3.63) is 76.3 Å². The van der Waals surface area contributed by atoms with Crippen molar-refractivity contribution in [1.29, 1.82) is 0 Å². The first-order valence-electron chi connectivity index (χ1n) is 7.36. The van der Waals surface area contributed by atoms with Gasteiger partial charge in [0.15, 0.2) is 11.7 Å². The van der Waals surface area contributed by atoms with Crippen LogP contribution < -0.4 is 10.1 Å². The van der Waals surface area contributed by atoms with Crippen LogP contribution in [-0.2, 0) is 11.2 Å². The summed E-state index contributed by atoms with van der Waals surface area (Å²) in [5, 5.41) is 3.95. The number of halogens is 1. The van der Waals surface area contributed by atoms with Crippen molar-refractivity contribution in [2.75, 3.05) is 11.9 Å². The number of hydrogen-bond acceptors (Lipinski definition) is 4. The van der Waals surface area contributed by atoms with Crippen LogP contribution >= 0.6 is 22.9 Å². The maximum absolute atomic E-state index is 11.9. The van der Waals surface area contributed by atoms with Crippen molar-refractivity contribution < 1.29 is 9.53 Å². The predicted molar refractivity (Wildman–Crippen MR) is 96.9 cm³/mol. The summed E-state index contributed by atoms with van der Waals surface area (Å²) in [6.45, 7) is -0.0742. The molecule has 1 aromatic heterocycles. The minimum atomic E-state index is -0.245. The van der Waals surface area contributed by atoms with Crippen LogP contribution in [0, 0.1) is 0 Å². The second-order valence-corrected chi connectivity index (χ2v) is 6.64. The Labute approximate surface area is 149 Å². The number of amides is 1. The number of carbonyl (C=O) groups excluding carboxylic acids is 1. The Morgan fingerprint density at radius 3 is 2.62 bits per heavy atom. The molecule has 2 aromatic carbocycles. The summed E-state index contributed by atoms with van der Waals surface area (Å²) >= 11 is 7.26. The minimum absolute atomic E-state index is 0.0742. The maximum Gasteiger partial charge on any atom is 0.264 e. The van der Waals surface area contributed by atoms with E-state index in [1.807, 2.05) is 18.2 Å². The second-order valence-electron chi connectivity index (χ2n) is 5.08. The zero-order chi connectivity index (χ0) is 16.8. The van der Waals surface area contributed by atoms with E-state index >= 15 is 0 Å². The topological polar surface area (TPSA) is 51.2 Å². The van der Waals surface area contributed by atoms with Gasteiger partial charge in [0.2, 0.25) is 0 Å². The molecule has 0 aliphatic heterocycles. The smallest absolute Gasteiger partial charge is 0.264 e. The molecule has 0 bridgehead atoms. The summed E-state index contributed by atoms with van der Waals surface area (Å²) in [6.07, 6.45) is 2.59. The number of rotatable bonds is 6. The molecule has 0 unspecified atom stereocenters. The molecule has 24 heavy (non-hydrogen) atoms. The summed E-state index contributed by atoms with van der Waals surface area (Å²) in [5.41, 5.74) is 1.21. The number of aromatic nitrogens is 1. The number of benzene rings is 2. The number of thiazole rings is 1. The van der Waals surface area contributed by atoms with Gasteiger partial charge in [0.05, 0.1) is 0 Å². The van der Waals surface area contributed by atoms with E-state index in [1.165, 1.54) is 16.9 Å². The highest BCUT2D eigenvalue weighted by molar-refractivity contribution is 7.15. The molecule has 0 saturated heterocycles. The molecule has 0 atom stereocenters. The van der Waals surface area contributed by atoms with Crippen LogP contribution in [0.25, 0.3) is 0 Å². The van der Waals surface area contributed by atoms with Crippen molar-refractivity contribution in [2.45, 2.75) is 6.42 Å². The van der Waals surface area contributed by atoms with Gasteiger partial charge in [-0.1, -0.05) is 41.9 Å². The fourth-order valence-electron chi connectivity index (χ4n) is 2.08. The Kier molecular flexibility index (Phi) is 5.46. The molecule has 1 N–H and O–H groups in total. The molecule has 4 nitrogen and oxygen atoms in total. The molecule has 1 amide bonds. The third kappa shape index (κ3) is 4.81. The van der Waals surface area contributed by atoms with Crippen molar-refractivity contribution in [3.63, 3.8) is 0 Å². The van der Waals surface area contributed by atoms with Gasteiger partial charge in [0, 0.05) is 22.5 Å². The van der Waals surface area contributed by atoms with Gasteiger partial charge in [-0.2, -0.15) is 0 Å². The Morgan fingerprint density at radius 2 is 1.88 bits per heavy atom. The lowest BCUT2D eigenvalue weighted by Gasteiger charge is -2.05. The zero-order valence-corrected chi connectivity index (χ0v) is 14.3. The van der Waals surface area contributed by atoms with Gasteiger partial charge in [-0.25, -0.2) is 4.98 Å². The predicted octanol–water partition coefficient (Wildman–Crippen LogP) is 4.40. The summed E-state index contributed by atoms with van der Waals surface area (Å²) < 4.78 is 5.40. The first-order valence-corrected chi connectivity index (χ1v) is 8.55. The van der Waals surface area contributed by atoms with Crippen molar-refractivity contribution in [3.8, 4) is 5.75 Å². The number of ether oxygens (including phenoxy) is 1. The summed E-state index contributed by atoms with van der Waals surface area (Å²) in [5.74, 6) is 0.351. The van der Waals surface area contributed by atoms with Crippen LogP contribution in [0.3, 0.4) is 0 Å². The molecule has 6 heteroatoms. The lowest BCUT2D eigenvalue weighted by Crippen LogP contribution is -2.19. The van der Waals surface area contributed by atoms with E-state index in [1.54, 1.807) is 30.5 Å². The third-order valence-electron chi connectivity index (χ3n) is 3.20. The number of carbonyl (C=O) groups is 1. The molecule has 0 fully saturated rings. The van der Waals surface area contributed by atoms with E-state index in [-0.39, 0.29) is 12.5 Å². The molecule has 0 aliphatic carbocycles. The number of anilines is 1. The standard InChI is InChI=1S/C18H15ClN2O2S/c19-14-6-8-15(9-7-14)23-12-17(22)21-18-20-11-16(24-18)10-13-4-2-1-3-5-13/h1-9,11H,10,12H2,(H,20,21,22). The van der Waals surface area contributed by atoms with Gasteiger partial charge in [-0.05, 0) is 29.8 Å². The van der Waals surface area contributed by atoms with E-state index in [4.69, 9.17) is 16.3 Å². The largest absolute Gasteiger partial charge is 0.484 e. The first-order chi connectivity index (χ1) is 11.7. The minimum Gasteiger partial charge on any atom is -0.484 e. The Morgan fingerprint density at radius 1 is 1.12 bits per heavy atom. The fraction of sp³-hybridized carbons (Fsp3) is 0.111. The van der Waals surface area contributed by atoms with Crippen LogP contribution in [0.5, 0.6) is 5.75 Å². The van der Waals surface area contributed by atoms with Gasteiger partial charge < -0.3 is 4.74 Å². The highest BCUT2D eigenvalue weighted by Gasteiger charge is 2.08. The number of nitrogens with zero attached hydrogens (tertiary/aromatic N) is 1. The van der Waals surface area contributed by atoms with Crippen LogP contribution in [0.1, 0.15) is 10.4 Å². The molecular formula is C18H15ClN2O2S. The van der Waals surface area contributed by atoms with Gasteiger partial charge >= 0.3 is 0 Å². The average Bonchev–Trinajstić information content (AvgIpc) is 3.02. The van der Waals surface area contributed by atoms with E-state index < -0.39 is 0 Å². The molecule has 1 heterocycles. The van der Waals surface area contributed by atoms with Crippen LogP contribution in [0.4, 0.5) is 5.13 Å². The number of nitrogens with one attached hydrogen (secondary N) is 1. The van der Waals surface area contributed by atoms with Gasteiger partial charge in [-0.15, -0.1) is 11.3 Å². The molecule has 0 saturated carbocycles. The van der Waals surface area contributed by atoms with E-state index in [9.17, 15) is 4.79 Å². The zero-order valence-electron chi connectivity index (χ0n) is 12.7. The van der Waals surface area contributed by atoms with Crippen LogP contribution in [0.2, 0.25) is 5.02 Å². The Balaban J connectivity index is 1.50. The Hall–Kier alpha value is -2.37. The molecule has 3 aromatic rings. The number of hydrogen-bond donors (Lipinski definition) is 1. The monoisotopic (exact) mass is 358 g/mol. The van der Waals surface area contributed by atoms with E-state index in [0.717, 1.165) is 11.3 Å². The van der Waals surface area contributed by atoms with E-state index in [2.05, 4.69) is 22.4 Å². The summed E-state index contributed by atoms with van der Waals surface area (Å²) in [6, 6.07) is 17.0. The fourth-order valence-corrected chi connectivity index (χ4v) is 3.07. The lowest BCUT2D eigenvalue weighted by atomic mass is 10.1. The summed E-state index contributed by atoms with van der Waals surface area (Å²) in [7, 11) is 0.